The predicted octanol–water partition coefficient (Wildman–Crippen LogP) is 4.28. The van der Waals surface area contributed by atoms with Crippen molar-refractivity contribution in [3.8, 4) is 0 Å². The van der Waals surface area contributed by atoms with Gasteiger partial charge in [0.15, 0.2) is 0 Å². The summed E-state index contributed by atoms with van der Waals surface area (Å²) in [4.78, 5) is 0.895. The maximum atomic E-state index is 6.11. The van der Waals surface area contributed by atoms with E-state index in [-0.39, 0.29) is 0 Å². The zero-order chi connectivity index (χ0) is 10.7. The van der Waals surface area contributed by atoms with Crippen LogP contribution < -0.4 is 5.73 Å². The van der Waals surface area contributed by atoms with Crippen molar-refractivity contribution in [3.05, 3.63) is 34.7 Å². The quantitative estimate of drug-likeness (QED) is 0.616. The molecule has 0 bridgehead atoms. The average molecular weight is 228 g/mol. The number of hydrogen-bond donors (Lipinski definition) is 1. The molecule has 76 valence electrons. The molecule has 3 heteroatoms. The Kier molecular flexibility index (Phi) is 3.90. The van der Waals surface area contributed by atoms with Gasteiger partial charge < -0.3 is 5.73 Å². The van der Waals surface area contributed by atoms with E-state index in [4.69, 9.17) is 17.3 Å². The largest absolute Gasteiger partial charge is 0.398 e. The zero-order valence-electron chi connectivity index (χ0n) is 8.38. The van der Waals surface area contributed by atoms with Crippen LogP contribution in [0.2, 0.25) is 5.02 Å². The van der Waals surface area contributed by atoms with Crippen molar-refractivity contribution < 1.29 is 0 Å². The summed E-state index contributed by atoms with van der Waals surface area (Å²) in [6, 6.07) is 3.94. The van der Waals surface area contributed by atoms with Gasteiger partial charge in [0.2, 0.25) is 0 Å². The maximum absolute atomic E-state index is 6.11. The molecule has 1 aromatic carbocycles. The molecule has 0 heterocycles. The average Bonchev–Trinajstić information content (AvgIpc) is 2.10. The first-order chi connectivity index (χ1) is 6.56. The molecular formula is C11H14ClNS. The van der Waals surface area contributed by atoms with E-state index < -0.39 is 0 Å². The molecule has 0 aromatic heterocycles. The maximum Gasteiger partial charge on any atom is 0.0568 e. The second-order valence-corrected chi connectivity index (χ2v) is 4.74. The van der Waals surface area contributed by atoms with Crippen molar-refractivity contribution in [2.24, 2.45) is 0 Å². The number of rotatable bonds is 3. The molecule has 0 saturated heterocycles. The van der Waals surface area contributed by atoms with Crippen LogP contribution in [0.4, 0.5) is 5.69 Å². The van der Waals surface area contributed by atoms with Gasteiger partial charge in [-0.3, -0.25) is 0 Å². The van der Waals surface area contributed by atoms with Gasteiger partial charge in [0, 0.05) is 5.69 Å². The number of thioether (sulfide) groups is 1. The van der Waals surface area contributed by atoms with Crippen molar-refractivity contribution in [2.75, 3.05) is 5.73 Å². The topological polar surface area (TPSA) is 26.0 Å². The van der Waals surface area contributed by atoms with Crippen LogP contribution in [0.15, 0.2) is 29.0 Å². The van der Waals surface area contributed by atoms with Gasteiger partial charge in [0.25, 0.3) is 0 Å². The fourth-order valence-electron chi connectivity index (χ4n) is 1.18. The molecule has 0 spiro atoms. The first-order valence-corrected chi connectivity index (χ1v) is 5.68. The Balaban J connectivity index is 3.17. The van der Waals surface area contributed by atoms with Crippen molar-refractivity contribution in [2.45, 2.75) is 24.7 Å². The van der Waals surface area contributed by atoms with Crippen LogP contribution in [-0.4, -0.2) is 0 Å². The molecule has 1 aromatic rings. The molecule has 0 atom stereocenters. The van der Waals surface area contributed by atoms with Gasteiger partial charge in [-0.05, 0) is 29.0 Å². The molecule has 14 heavy (non-hydrogen) atoms. The number of hydrogen-bond acceptors (Lipinski definition) is 2. The van der Waals surface area contributed by atoms with Crippen molar-refractivity contribution in [1.29, 1.82) is 0 Å². The van der Waals surface area contributed by atoms with E-state index in [1.807, 2.05) is 12.1 Å². The minimum absolute atomic E-state index is 0.442. The molecule has 1 rings (SSSR count). The smallest absolute Gasteiger partial charge is 0.0568 e. The number of benzene rings is 1. The Bertz CT molecular complexity index is 324. The summed E-state index contributed by atoms with van der Waals surface area (Å²) in [6.07, 6.45) is 0. The standard InChI is InChI=1S/C11H14ClNS/c1-4-14-11-9(12)5-8(7(2)3)6-10(11)13/h4-7H,1,13H2,2-3H3. The van der Waals surface area contributed by atoms with Gasteiger partial charge in [-0.1, -0.05) is 43.8 Å². The minimum atomic E-state index is 0.442. The van der Waals surface area contributed by atoms with Crippen molar-refractivity contribution in [3.63, 3.8) is 0 Å². The summed E-state index contributed by atoms with van der Waals surface area (Å²) in [6.45, 7) is 7.88. The normalized spacial score (nSPS) is 10.6. The molecule has 0 amide bonds. The van der Waals surface area contributed by atoms with Gasteiger partial charge in [0.1, 0.15) is 0 Å². The molecule has 0 unspecified atom stereocenters. The number of nitrogens with two attached hydrogens (primary N) is 1. The predicted molar refractivity (Wildman–Crippen MR) is 66.0 cm³/mol. The Labute approximate surface area is 94.3 Å². The zero-order valence-corrected chi connectivity index (χ0v) is 9.95. The number of halogens is 1. The number of nitrogen functional groups attached to an aromatic ring is 1. The monoisotopic (exact) mass is 227 g/mol. The van der Waals surface area contributed by atoms with Crippen LogP contribution in [0.3, 0.4) is 0 Å². The van der Waals surface area contributed by atoms with Crippen LogP contribution in [-0.2, 0) is 0 Å². The highest BCUT2D eigenvalue weighted by Gasteiger charge is 2.08. The SMILES string of the molecule is C=CSc1c(N)cc(C(C)C)cc1Cl. The van der Waals surface area contributed by atoms with Gasteiger partial charge in [-0.25, -0.2) is 0 Å². The lowest BCUT2D eigenvalue weighted by atomic mass is 10.0. The van der Waals surface area contributed by atoms with Crippen LogP contribution in [0.5, 0.6) is 0 Å². The van der Waals surface area contributed by atoms with Gasteiger partial charge in [0.05, 0.1) is 9.92 Å². The molecule has 0 aliphatic carbocycles. The van der Waals surface area contributed by atoms with E-state index in [9.17, 15) is 0 Å². The Hall–Kier alpha value is -0.600. The lowest BCUT2D eigenvalue weighted by Crippen LogP contribution is -1.94. The summed E-state index contributed by atoms with van der Waals surface area (Å²) in [5.74, 6) is 0.442. The molecule has 2 N–H and O–H groups in total. The molecule has 0 fully saturated rings. The Morgan fingerprint density at radius 1 is 1.50 bits per heavy atom. The molecule has 1 nitrogen and oxygen atoms in total. The van der Waals surface area contributed by atoms with Crippen molar-refractivity contribution >= 4 is 29.1 Å². The highest BCUT2D eigenvalue weighted by Crippen LogP contribution is 2.35. The summed E-state index contributed by atoms with van der Waals surface area (Å²) >= 11 is 7.56. The number of anilines is 1. The third kappa shape index (κ3) is 2.46. The van der Waals surface area contributed by atoms with Crippen LogP contribution in [0, 0.1) is 0 Å². The first-order valence-electron chi connectivity index (χ1n) is 4.42. The van der Waals surface area contributed by atoms with E-state index >= 15 is 0 Å². The van der Waals surface area contributed by atoms with Crippen LogP contribution in [0.1, 0.15) is 25.3 Å². The highest BCUT2D eigenvalue weighted by molar-refractivity contribution is 8.02. The van der Waals surface area contributed by atoms with E-state index in [1.165, 1.54) is 17.3 Å². The second-order valence-electron chi connectivity index (χ2n) is 3.36. The van der Waals surface area contributed by atoms with E-state index in [1.54, 1.807) is 5.41 Å². The van der Waals surface area contributed by atoms with Crippen LogP contribution >= 0.6 is 23.4 Å². The lowest BCUT2D eigenvalue weighted by Gasteiger charge is -2.11. The van der Waals surface area contributed by atoms with E-state index in [0.29, 0.717) is 10.9 Å². The van der Waals surface area contributed by atoms with Gasteiger partial charge >= 0.3 is 0 Å². The lowest BCUT2D eigenvalue weighted by molar-refractivity contribution is 0.866. The van der Waals surface area contributed by atoms with E-state index in [2.05, 4.69) is 20.4 Å². The molecule has 0 saturated carbocycles. The summed E-state index contributed by atoms with van der Waals surface area (Å²) < 4.78 is 0. The fraction of sp³-hybridized carbons (Fsp3) is 0.273. The van der Waals surface area contributed by atoms with Gasteiger partial charge in [-0.2, -0.15) is 0 Å². The van der Waals surface area contributed by atoms with Gasteiger partial charge in [-0.15, -0.1) is 0 Å². The van der Waals surface area contributed by atoms with Crippen LogP contribution in [0.25, 0.3) is 0 Å². The summed E-state index contributed by atoms with van der Waals surface area (Å²) in [5, 5.41) is 2.44. The molecular weight excluding hydrogens is 214 g/mol. The molecule has 0 aliphatic rings. The van der Waals surface area contributed by atoms with E-state index in [0.717, 1.165) is 10.6 Å². The Morgan fingerprint density at radius 2 is 2.14 bits per heavy atom. The highest BCUT2D eigenvalue weighted by atomic mass is 35.5. The Morgan fingerprint density at radius 3 is 2.57 bits per heavy atom. The first kappa shape index (κ1) is 11.5. The molecule has 0 radical (unpaired) electrons. The third-order valence-electron chi connectivity index (χ3n) is 1.96. The summed E-state index contributed by atoms with van der Waals surface area (Å²) in [5.41, 5.74) is 7.79. The minimum Gasteiger partial charge on any atom is -0.398 e. The fourth-order valence-corrected chi connectivity index (χ4v) is 2.08. The second kappa shape index (κ2) is 4.76. The third-order valence-corrected chi connectivity index (χ3v) is 3.23. The molecule has 0 aliphatic heterocycles. The summed E-state index contributed by atoms with van der Waals surface area (Å²) in [7, 11) is 0. The van der Waals surface area contributed by atoms with Crippen molar-refractivity contribution in [1.82, 2.24) is 0 Å².